The quantitative estimate of drug-likeness (QED) is 0.678. The first-order valence-electron chi connectivity index (χ1n) is 6.26. The second-order valence-corrected chi connectivity index (χ2v) is 5.00. The van der Waals surface area contributed by atoms with Gasteiger partial charge in [0.2, 0.25) is 0 Å². The lowest BCUT2D eigenvalue weighted by Gasteiger charge is -2.15. The number of rotatable bonds is 0. The van der Waals surface area contributed by atoms with E-state index in [2.05, 4.69) is 22.5 Å². The van der Waals surface area contributed by atoms with Gasteiger partial charge in [0.1, 0.15) is 0 Å². The molecule has 82 valence electrons. The van der Waals surface area contributed by atoms with Gasteiger partial charge in [-0.25, -0.2) is 0 Å². The molecule has 16 heavy (non-hydrogen) atoms. The van der Waals surface area contributed by atoms with Gasteiger partial charge >= 0.3 is 0 Å². The van der Waals surface area contributed by atoms with Gasteiger partial charge in [-0.3, -0.25) is 0 Å². The molecule has 0 fully saturated rings. The standard InChI is InChI=1S/C14H16N2/c1-2-4-12-10(3-1)14-11-8-15-7-9(11)5-6-13(14)16-12/h1,3,15-16H,2,4-8H2. The van der Waals surface area contributed by atoms with E-state index in [4.69, 9.17) is 0 Å². The first-order valence-corrected chi connectivity index (χ1v) is 6.26. The van der Waals surface area contributed by atoms with Crippen LogP contribution in [0.2, 0.25) is 0 Å². The van der Waals surface area contributed by atoms with Crippen molar-refractivity contribution in [2.75, 3.05) is 13.1 Å². The number of aryl methyl sites for hydroxylation is 2. The van der Waals surface area contributed by atoms with Crippen molar-refractivity contribution >= 4 is 11.6 Å². The molecule has 0 spiro atoms. The minimum Gasteiger partial charge on any atom is -0.361 e. The molecule has 0 aromatic carbocycles. The Morgan fingerprint density at radius 1 is 1.00 bits per heavy atom. The van der Waals surface area contributed by atoms with Crippen LogP contribution < -0.4 is 5.32 Å². The van der Waals surface area contributed by atoms with Gasteiger partial charge in [-0.15, -0.1) is 0 Å². The van der Waals surface area contributed by atoms with E-state index in [1.807, 2.05) is 0 Å². The van der Waals surface area contributed by atoms with E-state index in [1.54, 1.807) is 11.1 Å². The van der Waals surface area contributed by atoms with Crippen molar-refractivity contribution in [3.05, 3.63) is 34.2 Å². The van der Waals surface area contributed by atoms with Gasteiger partial charge in [-0.1, -0.05) is 17.7 Å². The van der Waals surface area contributed by atoms with Gasteiger partial charge in [-0.05, 0) is 31.3 Å². The fraction of sp³-hybridized carbons (Fsp3) is 0.429. The van der Waals surface area contributed by atoms with Crippen LogP contribution in [-0.4, -0.2) is 18.1 Å². The molecule has 1 aliphatic heterocycles. The van der Waals surface area contributed by atoms with Crippen LogP contribution in [0.5, 0.6) is 0 Å². The molecule has 2 aliphatic carbocycles. The van der Waals surface area contributed by atoms with E-state index in [1.165, 1.54) is 48.2 Å². The zero-order chi connectivity index (χ0) is 10.5. The molecule has 3 aliphatic rings. The maximum atomic E-state index is 3.65. The molecule has 4 rings (SSSR count). The summed E-state index contributed by atoms with van der Waals surface area (Å²) in [5, 5.41) is 3.49. The Balaban J connectivity index is 1.97. The highest BCUT2D eigenvalue weighted by atomic mass is 14.9. The summed E-state index contributed by atoms with van der Waals surface area (Å²) in [6, 6.07) is 0. The van der Waals surface area contributed by atoms with Crippen LogP contribution in [0, 0.1) is 0 Å². The Morgan fingerprint density at radius 2 is 2.00 bits per heavy atom. The summed E-state index contributed by atoms with van der Waals surface area (Å²) in [5.74, 6) is 0. The molecule has 0 saturated carbocycles. The monoisotopic (exact) mass is 212 g/mol. The molecular formula is C14H16N2. The fourth-order valence-electron chi connectivity index (χ4n) is 3.32. The second-order valence-electron chi connectivity index (χ2n) is 5.00. The largest absolute Gasteiger partial charge is 0.361 e. The van der Waals surface area contributed by atoms with E-state index < -0.39 is 0 Å². The van der Waals surface area contributed by atoms with Crippen LogP contribution >= 0.6 is 0 Å². The highest BCUT2D eigenvalue weighted by molar-refractivity contribution is 5.83. The van der Waals surface area contributed by atoms with E-state index in [-0.39, 0.29) is 0 Å². The molecule has 2 heteroatoms. The van der Waals surface area contributed by atoms with E-state index in [0.717, 1.165) is 13.1 Å². The van der Waals surface area contributed by atoms with E-state index >= 15 is 0 Å². The van der Waals surface area contributed by atoms with Crippen molar-refractivity contribution in [3.63, 3.8) is 0 Å². The first-order chi connectivity index (χ1) is 7.93. The maximum Gasteiger partial charge on any atom is 0.0235 e. The number of aromatic nitrogens is 1. The Morgan fingerprint density at radius 3 is 3.00 bits per heavy atom. The van der Waals surface area contributed by atoms with Crippen LogP contribution in [0.4, 0.5) is 0 Å². The average molecular weight is 212 g/mol. The molecule has 0 atom stereocenters. The average Bonchev–Trinajstić information content (AvgIpc) is 2.91. The van der Waals surface area contributed by atoms with Crippen molar-refractivity contribution in [2.24, 2.45) is 0 Å². The molecule has 0 unspecified atom stereocenters. The van der Waals surface area contributed by atoms with Crippen molar-refractivity contribution in [1.82, 2.24) is 10.3 Å². The lowest BCUT2D eigenvalue weighted by molar-refractivity contribution is 0.823. The fourth-order valence-corrected chi connectivity index (χ4v) is 3.32. The molecular weight excluding hydrogens is 196 g/mol. The van der Waals surface area contributed by atoms with Gasteiger partial charge in [0, 0.05) is 35.6 Å². The van der Waals surface area contributed by atoms with Gasteiger partial charge in [0.05, 0.1) is 0 Å². The maximum absolute atomic E-state index is 3.65. The summed E-state index contributed by atoms with van der Waals surface area (Å²) < 4.78 is 0. The highest BCUT2D eigenvalue weighted by Crippen LogP contribution is 2.38. The number of hydrogen-bond acceptors (Lipinski definition) is 1. The zero-order valence-electron chi connectivity index (χ0n) is 9.40. The summed E-state index contributed by atoms with van der Waals surface area (Å²) >= 11 is 0. The highest BCUT2D eigenvalue weighted by Gasteiger charge is 2.27. The van der Waals surface area contributed by atoms with Crippen LogP contribution in [0.1, 0.15) is 35.4 Å². The third-order valence-corrected chi connectivity index (χ3v) is 4.09. The molecule has 0 amide bonds. The second kappa shape index (κ2) is 3.11. The number of hydrogen-bond donors (Lipinski definition) is 2. The number of fused-ring (bicyclic) bond motifs is 4. The van der Waals surface area contributed by atoms with Crippen molar-refractivity contribution in [3.8, 4) is 0 Å². The summed E-state index contributed by atoms with van der Waals surface area (Å²) in [7, 11) is 0. The molecule has 1 aromatic rings. The number of aromatic amines is 1. The van der Waals surface area contributed by atoms with Gasteiger partial charge in [0.25, 0.3) is 0 Å². The predicted octanol–water partition coefficient (Wildman–Crippen LogP) is 2.28. The SMILES string of the molecule is C1=Cc2c([nH]c3c2C2=C(CC3)CNC2)CC1. The molecule has 2 heterocycles. The molecule has 0 saturated heterocycles. The minimum atomic E-state index is 1.07. The van der Waals surface area contributed by atoms with E-state index in [9.17, 15) is 0 Å². The first kappa shape index (κ1) is 8.82. The third kappa shape index (κ3) is 1.05. The summed E-state index contributed by atoms with van der Waals surface area (Å²) in [6.07, 6.45) is 9.47. The van der Waals surface area contributed by atoms with Crippen molar-refractivity contribution < 1.29 is 0 Å². The molecule has 2 nitrogen and oxygen atoms in total. The number of nitrogens with one attached hydrogen (secondary N) is 2. The van der Waals surface area contributed by atoms with Gasteiger partial charge in [-0.2, -0.15) is 0 Å². The van der Waals surface area contributed by atoms with Crippen LogP contribution in [0.25, 0.3) is 11.6 Å². The lowest BCUT2D eigenvalue weighted by Crippen LogP contribution is -2.08. The van der Waals surface area contributed by atoms with Crippen LogP contribution in [0.3, 0.4) is 0 Å². The zero-order valence-corrected chi connectivity index (χ0v) is 9.40. The molecule has 0 bridgehead atoms. The molecule has 1 aromatic heterocycles. The summed E-state index contributed by atoms with van der Waals surface area (Å²) in [6.45, 7) is 2.18. The topological polar surface area (TPSA) is 27.8 Å². The molecule has 0 radical (unpaired) electrons. The number of H-pyrrole nitrogens is 1. The van der Waals surface area contributed by atoms with Crippen LogP contribution in [0.15, 0.2) is 11.6 Å². The minimum absolute atomic E-state index is 1.07. The Bertz CT molecular complexity index is 517. The van der Waals surface area contributed by atoms with Crippen molar-refractivity contribution in [2.45, 2.75) is 25.7 Å². The lowest BCUT2D eigenvalue weighted by atomic mass is 9.88. The Labute approximate surface area is 95.4 Å². The van der Waals surface area contributed by atoms with Gasteiger partial charge in [0.15, 0.2) is 0 Å². The summed E-state index contributed by atoms with van der Waals surface area (Å²) in [4.78, 5) is 3.65. The van der Waals surface area contributed by atoms with E-state index in [0.29, 0.717) is 0 Å². The molecule has 2 N–H and O–H groups in total. The smallest absolute Gasteiger partial charge is 0.0235 e. The normalized spacial score (nSPS) is 22.0. The van der Waals surface area contributed by atoms with Crippen molar-refractivity contribution in [1.29, 1.82) is 0 Å². The predicted molar refractivity (Wildman–Crippen MR) is 66.3 cm³/mol. The summed E-state index contributed by atoms with van der Waals surface area (Å²) in [5.41, 5.74) is 9.21. The third-order valence-electron chi connectivity index (χ3n) is 4.09. The Kier molecular flexibility index (Phi) is 1.71. The van der Waals surface area contributed by atoms with Crippen LogP contribution in [-0.2, 0) is 12.8 Å². The number of allylic oxidation sites excluding steroid dienone is 1. The van der Waals surface area contributed by atoms with Gasteiger partial charge < -0.3 is 10.3 Å². The Hall–Kier alpha value is -1.28.